The summed E-state index contributed by atoms with van der Waals surface area (Å²) in [6, 6.07) is 16.8. The topological polar surface area (TPSA) is 42.6 Å². The molecule has 4 nitrogen and oxygen atoms in total. The smallest absolute Gasteiger partial charge is 0.220 e. The van der Waals surface area contributed by atoms with Crippen molar-refractivity contribution in [1.29, 1.82) is 0 Å². The van der Waals surface area contributed by atoms with Crippen LogP contribution in [0.3, 0.4) is 0 Å². The van der Waals surface area contributed by atoms with E-state index in [4.69, 9.17) is 0 Å². The highest BCUT2D eigenvalue weighted by Gasteiger charge is 2.18. The van der Waals surface area contributed by atoms with Crippen molar-refractivity contribution in [2.75, 3.05) is 0 Å². The third-order valence-corrected chi connectivity index (χ3v) is 4.31. The van der Waals surface area contributed by atoms with E-state index in [1.807, 2.05) is 0 Å². The number of fused-ring (bicyclic) bond motifs is 1. The van der Waals surface area contributed by atoms with Crippen molar-refractivity contribution in [3.05, 3.63) is 72.9 Å². The maximum atomic E-state index is 4.31. The van der Waals surface area contributed by atoms with Crippen molar-refractivity contribution in [1.82, 2.24) is 15.0 Å². The first-order chi connectivity index (χ1) is 11.8. The van der Waals surface area contributed by atoms with E-state index >= 15 is 0 Å². The van der Waals surface area contributed by atoms with Crippen molar-refractivity contribution in [2.45, 2.75) is 6.92 Å². The quantitative estimate of drug-likeness (QED) is 0.532. The minimum Gasteiger partial charge on any atom is -0.225 e. The minimum absolute atomic E-state index is 0.695. The predicted molar refractivity (Wildman–Crippen MR) is 94.1 cm³/mol. The summed E-state index contributed by atoms with van der Waals surface area (Å²) in [7, 11) is 2.08. The van der Waals surface area contributed by atoms with Gasteiger partial charge in [-0.25, -0.2) is 19.5 Å². The Morgan fingerprint density at radius 2 is 1.54 bits per heavy atom. The van der Waals surface area contributed by atoms with Crippen LogP contribution in [-0.4, -0.2) is 15.0 Å². The van der Waals surface area contributed by atoms with Gasteiger partial charge in [0.2, 0.25) is 5.69 Å². The van der Waals surface area contributed by atoms with Crippen LogP contribution in [0.15, 0.2) is 67.4 Å². The van der Waals surface area contributed by atoms with Crippen LogP contribution < -0.4 is 4.57 Å². The number of hydrogen-bond acceptors (Lipinski definition) is 3. The van der Waals surface area contributed by atoms with Crippen molar-refractivity contribution < 1.29 is 4.57 Å². The van der Waals surface area contributed by atoms with Crippen molar-refractivity contribution in [3.63, 3.8) is 0 Å². The molecule has 2 heterocycles. The van der Waals surface area contributed by atoms with Gasteiger partial charge in [0.25, 0.3) is 0 Å². The summed E-state index contributed by atoms with van der Waals surface area (Å²) in [5, 5.41) is 2.33. The van der Waals surface area contributed by atoms with E-state index < -0.39 is 0 Å². The summed E-state index contributed by atoms with van der Waals surface area (Å²) in [6.07, 6.45) is 5.16. The lowest BCUT2D eigenvalue weighted by atomic mass is 9.97. The fourth-order valence-electron chi connectivity index (χ4n) is 3.15. The van der Waals surface area contributed by atoms with Gasteiger partial charge in [-0.15, -0.1) is 0 Å². The van der Waals surface area contributed by atoms with Crippen LogP contribution in [0.1, 0.15) is 5.56 Å². The van der Waals surface area contributed by atoms with Crippen LogP contribution in [-0.2, 0) is 7.05 Å². The second-order valence-electron chi connectivity index (χ2n) is 5.82. The molecule has 4 heteroatoms. The molecule has 2 aromatic heterocycles. The monoisotopic (exact) mass is 313 g/mol. The Labute approximate surface area is 140 Å². The summed E-state index contributed by atoms with van der Waals surface area (Å²) >= 11 is 0. The molecule has 4 aromatic rings. The van der Waals surface area contributed by atoms with Crippen LogP contribution in [0, 0.1) is 6.92 Å². The van der Waals surface area contributed by atoms with Gasteiger partial charge in [0.05, 0.1) is 5.39 Å². The van der Waals surface area contributed by atoms with Crippen LogP contribution in [0.4, 0.5) is 0 Å². The first-order valence-electron chi connectivity index (χ1n) is 7.85. The van der Waals surface area contributed by atoms with Crippen LogP contribution in [0.2, 0.25) is 0 Å². The molecule has 0 saturated heterocycles. The zero-order chi connectivity index (χ0) is 16.5. The van der Waals surface area contributed by atoms with Crippen LogP contribution in [0.25, 0.3) is 33.4 Å². The second kappa shape index (κ2) is 5.81. The molecule has 0 aliphatic heterocycles. The van der Waals surface area contributed by atoms with E-state index in [0.717, 1.165) is 10.9 Å². The summed E-state index contributed by atoms with van der Waals surface area (Å²) in [5.74, 6) is 0.695. The minimum atomic E-state index is 0.695. The zero-order valence-corrected chi connectivity index (χ0v) is 13.6. The summed E-state index contributed by atoms with van der Waals surface area (Å²) < 4.78 is 2.17. The van der Waals surface area contributed by atoms with Gasteiger partial charge in [0, 0.05) is 22.6 Å². The fourth-order valence-corrected chi connectivity index (χ4v) is 3.15. The van der Waals surface area contributed by atoms with Gasteiger partial charge in [-0.3, -0.25) is 0 Å². The largest absolute Gasteiger partial charge is 0.225 e. The van der Waals surface area contributed by atoms with E-state index in [-0.39, 0.29) is 0 Å². The number of aromatic nitrogens is 4. The molecule has 24 heavy (non-hydrogen) atoms. The van der Waals surface area contributed by atoms with Gasteiger partial charge in [-0.05, 0) is 24.6 Å². The van der Waals surface area contributed by atoms with E-state index in [9.17, 15) is 0 Å². The molecule has 0 amide bonds. The molecule has 4 rings (SSSR count). The Bertz CT molecular complexity index is 1030. The first-order valence-corrected chi connectivity index (χ1v) is 7.85. The van der Waals surface area contributed by atoms with Gasteiger partial charge < -0.3 is 0 Å². The lowest BCUT2D eigenvalue weighted by Gasteiger charge is -2.10. The number of rotatable bonds is 2. The Balaban J connectivity index is 2.06. The molecule has 0 spiro atoms. The SMILES string of the molecule is Cc1ccccc1-c1c2cccc(-c3ncncn3)c2cc[n+]1C. The Morgan fingerprint density at radius 1 is 0.792 bits per heavy atom. The van der Waals surface area contributed by atoms with Gasteiger partial charge in [-0.2, -0.15) is 0 Å². The summed E-state index contributed by atoms with van der Waals surface area (Å²) in [5.41, 5.74) is 4.71. The molecule has 116 valence electrons. The molecular formula is C20H17N4+. The van der Waals surface area contributed by atoms with Gasteiger partial charge in [-0.1, -0.05) is 30.3 Å². The van der Waals surface area contributed by atoms with Crippen LogP contribution >= 0.6 is 0 Å². The second-order valence-corrected chi connectivity index (χ2v) is 5.82. The Morgan fingerprint density at radius 3 is 2.33 bits per heavy atom. The van der Waals surface area contributed by atoms with E-state index in [2.05, 4.69) is 88.2 Å². The van der Waals surface area contributed by atoms with Gasteiger partial charge in [0.1, 0.15) is 19.7 Å². The molecule has 2 aromatic carbocycles. The molecule has 0 unspecified atom stereocenters. The van der Waals surface area contributed by atoms with Crippen molar-refractivity contribution in [3.8, 4) is 22.6 Å². The molecule has 0 N–H and O–H groups in total. The zero-order valence-electron chi connectivity index (χ0n) is 13.6. The van der Waals surface area contributed by atoms with Crippen molar-refractivity contribution >= 4 is 10.8 Å². The lowest BCUT2D eigenvalue weighted by Crippen LogP contribution is -2.30. The highest BCUT2D eigenvalue weighted by Crippen LogP contribution is 2.32. The Hall–Kier alpha value is -3.14. The molecule has 0 aliphatic carbocycles. The van der Waals surface area contributed by atoms with Crippen LogP contribution in [0.5, 0.6) is 0 Å². The molecule has 0 aliphatic rings. The average Bonchev–Trinajstić information content (AvgIpc) is 2.63. The third kappa shape index (κ3) is 2.33. The summed E-state index contributed by atoms with van der Waals surface area (Å²) in [4.78, 5) is 12.5. The molecule has 0 atom stereocenters. The number of benzene rings is 2. The summed E-state index contributed by atoms with van der Waals surface area (Å²) in [6.45, 7) is 2.14. The lowest BCUT2D eigenvalue weighted by molar-refractivity contribution is -0.659. The highest BCUT2D eigenvalue weighted by atomic mass is 15.0. The molecule has 0 radical (unpaired) electrons. The normalized spacial score (nSPS) is 10.9. The third-order valence-electron chi connectivity index (χ3n) is 4.31. The number of nitrogens with zero attached hydrogens (tertiary/aromatic N) is 4. The first kappa shape index (κ1) is 14.5. The maximum absolute atomic E-state index is 4.31. The molecule has 0 fully saturated rings. The standard InChI is InChI=1S/C20H17N4/c1-14-6-3-4-7-15(14)19-17-8-5-9-18(16(17)10-11-24(19)2)20-22-12-21-13-23-20/h3-13H,1-2H3/q+1. The number of pyridine rings is 1. The molecule has 0 saturated carbocycles. The predicted octanol–water partition coefficient (Wildman–Crippen LogP) is 3.49. The maximum Gasteiger partial charge on any atom is 0.220 e. The van der Waals surface area contributed by atoms with E-state index in [1.165, 1.54) is 34.9 Å². The highest BCUT2D eigenvalue weighted by molar-refractivity contribution is 6.01. The fraction of sp³-hybridized carbons (Fsp3) is 0.100. The molecule has 0 bridgehead atoms. The van der Waals surface area contributed by atoms with Gasteiger partial charge >= 0.3 is 0 Å². The average molecular weight is 313 g/mol. The van der Waals surface area contributed by atoms with Crippen molar-refractivity contribution in [2.24, 2.45) is 7.05 Å². The van der Waals surface area contributed by atoms with E-state index in [0.29, 0.717) is 5.82 Å². The number of hydrogen-bond donors (Lipinski definition) is 0. The Kier molecular flexibility index (Phi) is 3.50. The van der Waals surface area contributed by atoms with Gasteiger partial charge in [0.15, 0.2) is 12.0 Å². The molecular weight excluding hydrogens is 296 g/mol. The van der Waals surface area contributed by atoms with E-state index in [1.54, 1.807) is 0 Å². The number of aryl methyl sites for hydroxylation is 2.